The maximum atomic E-state index is 13.1. The predicted molar refractivity (Wildman–Crippen MR) is 104 cm³/mol. The van der Waals surface area contributed by atoms with Crippen LogP contribution in [-0.4, -0.2) is 29.8 Å². The van der Waals surface area contributed by atoms with Crippen LogP contribution in [0, 0.1) is 5.82 Å². The van der Waals surface area contributed by atoms with E-state index >= 15 is 0 Å². The zero-order valence-electron chi connectivity index (χ0n) is 14.8. The summed E-state index contributed by atoms with van der Waals surface area (Å²) in [5, 5.41) is 3.16. The summed E-state index contributed by atoms with van der Waals surface area (Å²) in [5.41, 5.74) is 1.06. The molecule has 0 spiro atoms. The second-order valence-corrected chi connectivity index (χ2v) is 6.80. The van der Waals surface area contributed by atoms with E-state index in [-0.39, 0.29) is 17.2 Å². The van der Waals surface area contributed by atoms with E-state index < -0.39 is 11.7 Å². The molecule has 140 valence electrons. The standard InChI is InChI=1S/C21H20ClFN2O2/c22-18-7-3-2-6-16(18)14-19(21(27)25-12-4-1-5-13-25)24-20(26)15-8-10-17(23)11-9-15/h2-3,6-11,14H,1,4-5,12-13H2,(H,24,26)/b19-14+. The van der Waals surface area contributed by atoms with Crippen molar-refractivity contribution < 1.29 is 14.0 Å². The number of likely N-dealkylation sites (tertiary alicyclic amines) is 1. The smallest absolute Gasteiger partial charge is 0.270 e. The highest BCUT2D eigenvalue weighted by Crippen LogP contribution is 2.20. The van der Waals surface area contributed by atoms with Gasteiger partial charge in [-0.15, -0.1) is 0 Å². The van der Waals surface area contributed by atoms with Gasteiger partial charge >= 0.3 is 0 Å². The maximum Gasteiger partial charge on any atom is 0.270 e. The van der Waals surface area contributed by atoms with Gasteiger partial charge < -0.3 is 10.2 Å². The molecule has 2 aromatic rings. The summed E-state index contributed by atoms with van der Waals surface area (Å²) in [6.07, 6.45) is 4.56. The summed E-state index contributed by atoms with van der Waals surface area (Å²) in [6, 6.07) is 12.3. The molecule has 0 aliphatic carbocycles. The largest absolute Gasteiger partial charge is 0.337 e. The molecule has 2 amide bonds. The van der Waals surface area contributed by atoms with Crippen molar-refractivity contribution in [2.45, 2.75) is 19.3 Å². The number of carbonyl (C=O) groups is 2. The first-order valence-corrected chi connectivity index (χ1v) is 9.25. The highest BCUT2D eigenvalue weighted by molar-refractivity contribution is 6.32. The number of piperidine rings is 1. The average molecular weight is 387 g/mol. The van der Waals surface area contributed by atoms with E-state index in [9.17, 15) is 14.0 Å². The second kappa shape index (κ2) is 8.82. The van der Waals surface area contributed by atoms with E-state index in [1.165, 1.54) is 24.3 Å². The molecule has 6 heteroatoms. The van der Waals surface area contributed by atoms with Gasteiger partial charge in [-0.25, -0.2) is 4.39 Å². The molecule has 0 unspecified atom stereocenters. The number of halogens is 2. The lowest BCUT2D eigenvalue weighted by Crippen LogP contribution is -2.41. The minimum atomic E-state index is -0.473. The van der Waals surface area contributed by atoms with Crippen molar-refractivity contribution in [1.82, 2.24) is 10.2 Å². The molecule has 1 heterocycles. The van der Waals surface area contributed by atoms with Crippen molar-refractivity contribution in [3.05, 3.63) is 76.2 Å². The van der Waals surface area contributed by atoms with Crippen LogP contribution >= 0.6 is 11.6 Å². The normalized spacial score (nSPS) is 14.7. The molecule has 1 saturated heterocycles. The molecule has 1 aliphatic heterocycles. The van der Waals surface area contributed by atoms with E-state index in [0.717, 1.165) is 19.3 Å². The maximum absolute atomic E-state index is 13.1. The fourth-order valence-electron chi connectivity index (χ4n) is 2.96. The van der Waals surface area contributed by atoms with Crippen molar-refractivity contribution in [3.63, 3.8) is 0 Å². The fourth-order valence-corrected chi connectivity index (χ4v) is 3.15. The number of nitrogens with zero attached hydrogens (tertiary/aromatic N) is 1. The number of amides is 2. The van der Waals surface area contributed by atoms with Crippen molar-refractivity contribution in [2.75, 3.05) is 13.1 Å². The summed E-state index contributed by atoms with van der Waals surface area (Å²) < 4.78 is 13.1. The second-order valence-electron chi connectivity index (χ2n) is 6.39. The third-order valence-corrected chi connectivity index (χ3v) is 4.78. The van der Waals surface area contributed by atoms with Gasteiger partial charge in [0.05, 0.1) is 0 Å². The van der Waals surface area contributed by atoms with E-state index in [1.807, 2.05) is 6.07 Å². The third-order valence-electron chi connectivity index (χ3n) is 4.43. The van der Waals surface area contributed by atoms with Gasteiger partial charge in [-0.2, -0.15) is 0 Å². The molecule has 4 nitrogen and oxygen atoms in total. The van der Waals surface area contributed by atoms with Gasteiger partial charge in [0.25, 0.3) is 11.8 Å². The molecule has 27 heavy (non-hydrogen) atoms. The first kappa shape index (κ1) is 19.1. The van der Waals surface area contributed by atoms with E-state index in [2.05, 4.69) is 5.32 Å². The third kappa shape index (κ3) is 4.95. The molecular weight excluding hydrogens is 367 g/mol. The zero-order valence-corrected chi connectivity index (χ0v) is 15.5. The molecule has 3 rings (SSSR count). The Hall–Kier alpha value is -2.66. The van der Waals surface area contributed by atoms with Gasteiger partial charge in [0.2, 0.25) is 0 Å². The Bertz CT molecular complexity index is 859. The zero-order chi connectivity index (χ0) is 19.2. The summed E-state index contributed by atoms with van der Waals surface area (Å²) in [6.45, 7) is 1.32. The number of benzene rings is 2. The van der Waals surface area contributed by atoms with Gasteiger partial charge in [-0.1, -0.05) is 29.8 Å². The summed E-state index contributed by atoms with van der Waals surface area (Å²) in [7, 11) is 0. The van der Waals surface area contributed by atoms with E-state index in [1.54, 1.807) is 29.2 Å². The van der Waals surface area contributed by atoms with Crippen molar-refractivity contribution in [1.29, 1.82) is 0 Å². The molecule has 1 N–H and O–H groups in total. The van der Waals surface area contributed by atoms with Crippen LogP contribution in [0.3, 0.4) is 0 Å². The monoisotopic (exact) mass is 386 g/mol. The Morgan fingerprint density at radius 2 is 1.67 bits per heavy atom. The molecule has 2 aromatic carbocycles. The van der Waals surface area contributed by atoms with Gasteiger partial charge in [0, 0.05) is 23.7 Å². The van der Waals surface area contributed by atoms with Crippen molar-refractivity contribution >= 4 is 29.5 Å². The topological polar surface area (TPSA) is 49.4 Å². The SMILES string of the molecule is O=C(N/C(=C/c1ccccc1Cl)C(=O)N1CCCCC1)c1ccc(F)cc1. The first-order valence-electron chi connectivity index (χ1n) is 8.87. The van der Waals surface area contributed by atoms with Crippen LogP contribution in [-0.2, 0) is 4.79 Å². The van der Waals surface area contributed by atoms with Crippen molar-refractivity contribution in [2.24, 2.45) is 0 Å². The Balaban J connectivity index is 1.89. The summed E-state index contributed by atoms with van der Waals surface area (Å²) in [5.74, 6) is -1.15. The number of nitrogens with one attached hydrogen (secondary N) is 1. The summed E-state index contributed by atoms with van der Waals surface area (Å²) in [4.78, 5) is 27.3. The van der Waals surface area contributed by atoms with E-state index in [4.69, 9.17) is 11.6 Å². The highest BCUT2D eigenvalue weighted by Gasteiger charge is 2.22. The van der Waals surface area contributed by atoms with Crippen LogP contribution in [0.15, 0.2) is 54.2 Å². The Kier molecular flexibility index (Phi) is 6.24. The lowest BCUT2D eigenvalue weighted by molar-refractivity contribution is -0.128. The van der Waals surface area contributed by atoms with E-state index in [0.29, 0.717) is 23.7 Å². The average Bonchev–Trinajstić information content (AvgIpc) is 2.69. The Morgan fingerprint density at radius 3 is 2.33 bits per heavy atom. The molecule has 0 atom stereocenters. The number of hydrogen-bond donors (Lipinski definition) is 1. The fraction of sp³-hybridized carbons (Fsp3) is 0.238. The minimum absolute atomic E-state index is 0.152. The van der Waals surface area contributed by atoms with Gasteiger partial charge in [-0.05, 0) is 61.2 Å². The molecule has 1 fully saturated rings. The lowest BCUT2D eigenvalue weighted by atomic mass is 10.1. The van der Waals surface area contributed by atoms with Crippen LogP contribution in [0.5, 0.6) is 0 Å². The number of hydrogen-bond acceptors (Lipinski definition) is 2. The Labute approximate surface area is 162 Å². The molecule has 0 radical (unpaired) electrons. The molecule has 0 aromatic heterocycles. The number of carbonyl (C=O) groups excluding carboxylic acids is 2. The van der Waals surface area contributed by atoms with Crippen LogP contribution in [0.1, 0.15) is 35.2 Å². The molecule has 0 bridgehead atoms. The summed E-state index contributed by atoms with van der Waals surface area (Å²) >= 11 is 6.21. The number of rotatable bonds is 4. The van der Waals surface area contributed by atoms with Crippen LogP contribution in [0.4, 0.5) is 4.39 Å². The minimum Gasteiger partial charge on any atom is -0.337 e. The molecule has 0 saturated carbocycles. The Morgan fingerprint density at radius 1 is 1.00 bits per heavy atom. The van der Waals surface area contributed by atoms with Gasteiger partial charge in [-0.3, -0.25) is 9.59 Å². The molecular formula is C21H20ClFN2O2. The predicted octanol–water partition coefficient (Wildman–Crippen LogP) is 4.26. The lowest BCUT2D eigenvalue weighted by Gasteiger charge is -2.27. The quantitative estimate of drug-likeness (QED) is 0.798. The van der Waals surface area contributed by atoms with Gasteiger partial charge in [0.1, 0.15) is 11.5 Å². The van der Waals surface area contributed by atoms with Crippen LogP contribution < -0.4 is 5.32 Å². The molecule has 1 aliphatic rings. The van der Waals surface area contributed by atoms with Gasteiger partial charge in [0.15, 0.2) is 0 Å². The van der Waals surface area contributed by atoms with Crippen molar-refractivity contribution in [3.8, 4) is 0 Å². The van der Waals surface area contributed by atoms with Crippen LogP contribution in [0.25, 0.3) is 6.08 Å². The van der Waals surface area contributed by atoms with Crippen LogP contribution in [0.2, 0.25) is 5.02 Å². The first-order chi connectivity index (χ1) is 13.0. The highest BCUT2D eigenvalue weighted by atomic mass is 35.5.